The van der Waals surface area contributed by atoms with Crippen LogP contribution in [0.1, 0.15) is 52.9 Å². The Balaban J connectivity index is 2.81. The summed E-state index contributed by atoms with van der Waals surface area (Å²) in [5.74, 6) is -3.05. The molecule has 1 aliphatic rings. The summed E-state index contributed by atoms with van der Waals surface area (Å²) in [5.41, 5.74) is 10.8. The van der Waals surface area contributed by atoms with Crippen molar-refractivity contribution in [3.63, 3.8) is 0 Å². The summed E-state index contributed by atoms with van der Waals surface area (Å²) in [5, 5.41) is 7.82. The third-order valence-electron chi connectivity index (χ3n) is 5.58. The first kappa shape index (κ1) is 30.6. The Hall–Kier alpha value is -3.48. The van der Waals surface area contributed by atoms with Gasteiger partial charge >= 0.3 is 5.97 Å². The number of nitrogens with zero attached hydrogens (tertiary/aromatic N) is 1. The van der Waals surface area contributed by atoms with Gasteiger partial charge in [0.25, 0.3) is 0 Å². The Morgan fingerprint density at radius 3 is 2.36 bits per heavy atom. The molecule has 5 amide bonds. The van der Waals surface area contributed by atoms with Crippen LogP contribution in [-0.4, -0.2) is 84.3 Å². The van der Waals surface area contributed by atoms with Crippen molar-refractivity contribution in [2.75, 3.05) is 19.7 Å². The summed E-state index contributed by atoms with van der Waals surface area (Å²) < 4.78 is 4.82. The molecule has 0 spiro atoms. The molecule has 13 heteroatoms. The molecular formula is C23H38N6O7. The lowest BCUT2D eigenvalue weighted by molar-refractivity contribution is -0.138. The van der Waals surface area contributed by atoms with Crippen LogP contribution in [0, 0.1) is 0 Å². The fraction of sp³-hybridized carbons (Fsp3) is 0.652. The van der Waals surface area contributed by atoms with E-state index in [2.05, 4.69) is 16.0 Å². The first-order chi connectivity index (χ1) is 17.0. The van der Waals surface area contributed by atoms with Crippen LogP contribution in [-0.2, 0) is 33.5 Å². The number of amides is 5. The highest BCUT2D eigenvalue weighted by atomic mass is 16.5. The van der Waals surface area contributed by atoms with Crippen molar-refractivity contribution in [1.29, 1.82) is 0 Å². The zero-order valence-electron chi connectivity index (χ0n) is 21.1. The third kappa shape index (κ3) is 10.4. The molecule has 0 aliphatic carbocycles. The van der Waals surface area contributed by atoms with E-state index in [4.69, 9.17) is 16.2 Å². The van der Waals surface area contributed by atoms with Crippen LogP contribution in [0.25, 0.3) is 0 Å². The predicted octanol–water partition coefficient (Wildman–Crippen LogP) is -1.79. The van der Waals surface area contributed by atoms with Crippen LogP contribution in [0.5, 0.6) is 0 Å². The molecule has 1 heterocycles. The minimum Gasteiger partial charge on any atom is -0.463 e. The Morgan fingerprint density at radius 2 is 1.78 bits per heavy atom. The van der Waals surface area contributed by atoms with Gasteiger partial charge in [-0.25, -0.2) is 4.79 Å². The molecule has 36 heavy (non-hydrogen) atoms. The molecule has 1 fully saturated rings. The average molecular weight is 511 g/mol. The van der Waals surface area contributed by atoms with Crippen molar-refractivity contribution in [2.45, 2.75) is 77.0 Å². The highest BCUT2D eigenvalue weighted by molar-refractivity contribution is 5.94. The molecule has 0 unspecified atom stereocenters. The average Bonchev–Trinajstić information content (AvgIpc) is 3.31. The van der Waals surface area contributed by atoms with Gasteiger partial charge in [0.05, 0.1) is 6.61 Å². The molecule has 0 saturated carbocycles. The third-order valence-corrected chi connectivity index (χ3v) is 5.58. The fourth-order valence-electron chi connectivity index (χ4n) is 3.71. The van der Waals surface area contributed by atoms with Gasteiger partial charge in [-0.15, -0.1) is 0 Å². The lowest BCUT2D eigenvalue weighted by atomic mass is 10.1. The van der Waals surface area contributed by atoms with E-state index in [9.17, 15) is 28.8 Å². The van der Waals surface area contributed by atoms with Crippen LogP contribution in [0.2, 0.25) is 0 Å². The SMILES string of the molecule is CCOC(=O)/C=C/[C@H](CCC(N)=O)NC(=O)[C@H](CCN)NC(=O)[C@H](C)NC(=O)[C@@H]1CCCN1C(C)=O. The summed E-state index contributed by atoms with van der Waals surface area (Å²) in [6.45, 7) is 5.24. The van der Waals surface area contributed by atoms with Gasteiger partial charge in [-0.3, -0.25) is 24.0 Å². The van der Waals surface area contributed by atoms with Crippen molar-refractivity contribution in [1.82, 2.24) is 20.9 Å². The van der Waals surface area contributed by atoms with Gasteiger partial charge in [0, 0.05) is 32.0 Å². The normalized spacial score (nSPS) is 17.7. The Morgan fingerprint density at radius 1 is 1.08 bits per heavy atom. The standard InChI is InChI=1S/C23H38N6O7/c1-4-36-20(32)10-8-16(7-9-19(25)31)27-22(34)17(11-12-24)28-21(33)14(2)26-23(35)18-6-5-13-29(18)15(3)30/h8,10,14,16-18H,4-7,9,11-13,24H2,1-3H3,(H2,25,31)(H,26,35)(H,27,34)(H,28,33)/b10-8+/t14-,16-,17-,18-/m0/s1. The molecule has 202 valence electrons. The first-order valence-electron chi connectivity index (χ1n) is 12.0. The Kier molecular flexibility index (Phi) is 13.2. The summed E-state index contributed by atoms with van der Waals surface area (Å²) >= 11 is 0. The number of ether oxygens (including phenoxy) is 1. The van der Waals surface area contributed by atoms with E-state index < -0.39 is 53.8 Å². The molecule has 0 bridgehead atoms. The maximum absolute atomic E-state index is 12.9. The molecule has 1 saturated heterocycles. The van der Waals surface area contributed by atoms with Crippen molar-refractivity contribution >= 4 is 35.5 Å². The lowest BCUT2D eigenvalue weighted by Gasteiger charge is -2.25. The fourth-order valence-corrected chi connectivity index (χ4v) is 3.71. The maximum Gasteiger partial charge on any atom is 0.330 e. The molecule has 0 aromatic carbocycles. The minimum absolute atomic E-state index is 0.0481. The topological polar surface area (TPSA) is 203 Å². The number of esters is 1. The number of nitrogens with one attached hydrogen (secondary N) is 3. The molecule has 4 atom stereocenters. The largest absolute Gasteiger partial charge is 0.463 e. The monoisotopic (exact) mass is 510 g/mol. The number of nitrogens with two attached hydrogens (primary N) is 2. The van der Waals surface area contributed by atoms with E-state index in [0.717, 1.165) is 6.08 Å². The van der Waals surface area contributed by atoms with E-state index in [1.165, 1.54) is 24.8 Å². The van der Waals surface area contributed by atoms with Crippen LogP contribution in [0.3, 0.4) is 0 Å². The molecule has 13 nitrogen and oxygen atoms in total. The number of primary amides is 1. The second-order valence-electron chi connectivity index (χ2n) is 8.47. The van der Waals surface area contributed by atoms with Gasteiger partial charge in [0.1, 0.15) is 18.1 Å². The second kappa shape index (κ2) is 15.5. The van der Waals surface area contributed by atoms with Gasteiger partial charge in [0.2, 0.25) is 29.5 Å². The van der Waals surface area contributed by atoms with Crippen molar-refractivity contribution < 1.29 is 33.5 Å². The Bertz CT molecular complexity index is 847. The highest BCUT2D eigenvalue weighted by Crippen LogP contribution is 2.17. The molecule has 1 rings (SSSR count). The van der Waals surface area contributed by atoms with Crippen LogP contribution in [0.4, 0.5) is 0 Å². The number of carbonyl (C=O) groups is 6. The molecular weight excluding hydrogens is 472 g/mol. The van der Waals surface area contributed by atoms with Gasteiger partial charge in [0.15, 0.2) is 0 Å². The van der Waals surface area contributed by atoms with E-state index in [1.807, 2.05) is 0 Å². The molecule has 0 aromatic rings. The number of carbonyl (C=O) groups excluding carboxylic acids is 6. The summed E-state index contributed by atoms with van der Waals surface area (Å²) in [7, 11) is 0. The van der Waals surface area contributed by atoms with Gasteiger partial charge in [-0.2, -0.15) is 0 Å². The highest BCUT2D eigenvalue weighted by Gasteiger charge is 2.34. The number of likely N-dealkylation sites (tertiary alicyclic amines) is 1. The summed E-state index contributed by atoms with van der Waals surface area (Å²) in [4.78, 5) is 74.2. The van der Waals surface area contributed by atoms with E-state index >= 15 is 0 Å². The zero-order valence-corrected chi connectivity index (χ0v) is 21.1. The van der Waals surface area contributed by atoms with Gasteiger partial charge < -0.3 is 37.1 Å². The minimum atomic E-state index is -1.03. The number of rotatable bonds is 14. The molecule has 7 N–H and O–H groups in total. The van der Waals surface area contributed by atoms with Crippen molar-refractivity contribution in [3.8, 4) is 0 Å². The lowest BCUT2D eigenvalue weighted by Crippen LogP contribution is -2.56. The van der Waals surface area contributed by atoms with E-state index in [0.29, 0.717) is 19.4 Å². The van der Waals surface area contributed by atoms with E-state index in [1.54, 1.807) is 6.92 Å². The van der Waals surface area contributed by atoms with Crippen LogP contribution < -0.4 is 27.4 Å². The maximum atomic E-state index is 12.9. The molecule has 0 radical (unpaired) electrons. The van der Waals surface area contributed by atoms with Crippen LogP contribution in [0.15, 0.2) is 12.2 Å². The molecule has 1 aliphatic heterocycles. The predicted molar refractivity (Wildman–Crippen MR) is 130 cm³/mol. The first-order valence-corrected chi connectivity index (χ1v) is 12.0. The smallest absolute Gasteiger partial charge is 0.330 e. The van der Waals surface area contributed by atoms with Crippen molar-refractivity contribution in [3.05, 3.63) is 12.2 Å². The number of hydrogen-bond acceptors (Lipinski definition) is 8. The second-order valence-corrected chi connectivity index (χ2v) is 8.47. The van der Waals surface area contributed by atoms with E-state index in [-0.39, 0.29) is 38.3 Å². The number of hydrogen-bond donors (Lipinski definition) is 5. The summed E-state index contributed by atoms with van der Waals surface area (Å²) in [6, 6.07) is -3.38. The zero-order chi connectivity index (χ0) is 27.3. The Labute approximate surface area is 210 Å². The van der Waals surface area contributed by atoms with Crippen LogP contribution >= 0.6 is 0 Å². The van der Waals surface area contributed by atoms with Crippen molar-refractivity contribution in [2.24, 2.45) is 11.5 Å². The quantitative estimate of drug-likeness (QED) is 0.133. The van der Waals surface area contributed by atoms with Gasteiger partial charge in [-0.05, 0) is 46.1 Å². The molecule has 0 aromatic heterocycles. The summed E-state index contributed by atoms with van der Waals surface area (Å²) in [6.07, 6.45) is 3.89. The van der Waals surface area contributed by atoms with Gasteiger partial charge in [-0.1, -0.05) is 6.08 Å².